The average molecular weight is 473 g/mol. The van der Waals surface area contributed by atoms with Gasteiger partial charge < -0.3 is 5.11 Å². The number of ketones is 1. The van der Waals surface area contributed by atoms with Crippen molar-refractivity contribution in [3.05, 3.63) is 41.7 Å². The molecule has 0 spiro atoms. The van der Waals surface area contributed by atoms with Gasteiger partial charge in [-0.3, -0.25) is 18.8 Å². The molecule has 0 saturated carbocycles. The second-order valence-electron chi connectivity index (χ2n) is 8.73. The molecule has 0 fully saturated rings. The number of carbonyl (C=O) groups is 3. The summed E-state index contributed by atoms with van der Waals surface area (Å²) in [5, 5.41) is 14.2. The molecule has 12 heteroatoms. The molecule has 4 rings (SSSR count). The highest BCUT2D eigenvalue weighted by Crippen LogP contribution is 2.34. The van der Waals surface area contributed by atoms with E-state index in [1.165, 1.54) is 24.0 Å². The van der Waals surface area contributed by atoms with E-state index in [2.05, 4.69) is 15.1 Å². The van der Waals surface area contributed by atoms with Gasteiger partial charge >= 0.3 is 12.1 Å². The molecule has 0 aliphatic rings. The molecule has 3 aromatic heterocycles. The summed E-state index contributed by atoms with van der Waals surface area (Å²) in [5.41, 5.74) is -2.05. The zero-order valence-electron chi connectivity index (χ0n) is 18.4. The minimum Gasteiger partial charge on any atom is -0.478 e. The van der Waals surface area contributed by atoms with Crippen molar-refractivity contribution in [2.75, 3.05) is 0 Å². The van der Waals surface area contributed by atoms with E-state index in [9.17, 15) is 32.7 Å². The van der Waals surface area contributed by atoms with Gasteiger partial charge in [-0.05, 0) is 18.2 Å². The highest BCUT2D eigenvalue weighted by molar-refractivity contribution is 6.39. The number of nitrogens with zero attached hydrogens (tertiary/aromatic N) is 5. The van der Waals surface area contributed by atoms with Crippen LogP contribution in [-0.2, 0) is 18.0 Å². The van der Waals surface area contributed by atoms with Crippen molar-refractivity contribution < 1.29 is 32.7 Å². The number of aromatic carboxylic acids is 1. The number of fused-ring (bicyclic) bond motifs is 2. The molecule has 1 N–H and O–H groups in total. The molecule has 0 bridgehead atoms. The molecule has 4 aromatic rings. The quantitative estimate of drug-likeness (QED) is 0.447. The van der Waals surface area contributed by atoms with Crippen molar-refractivity contribution in [3.8, 4) is 11.4 Å². The Bertz CT molecular complexity index is 1510. The van der Waals surface area contributed by atoms with Gasteiger partial charge in [0.2, 0.25) is 5.78 Å². The average Bonchev–Trinajstić information content (AvgIpc) is 3.29. The van der Waals surface area contributed by atoms with Gasteiger partial charge in [0.1, 0.15) is 22.5 Å². The maximum atomic E-state index is 13.1. The molecule has 0 radical (unpaired) electrons. The summed E-state index contributed by atoms with van der Waals surface area (Å²) in [4.78, 5) is 45.5. The summed E-state index contributed by atoms with van der Waals surface area (Å²) in [7, 11) is 1.47. The number of carboxylic acids is 1. The highest BCUT2D eigenvalue weighted by atomic mass is 19.4. The molecular formula is C22H18F3N5O4. The Labute approximate surface area is 189 Å². The fourth-order valence-electron chi connectivity index (χ4n) is 3.47. The number of aromatic nitrogens is 5. The zero-order valence-corrected chi connectivity index (χ0v) is 18.4. The molecule has 0 amide bonds. The lowest BCUT2D eigenvalue weighted by Crippen LogP contribution is -2.32. The first-order chi connectivity index (χ1) is 15.7. The summed E-state index contributed by atoms with van der Waals surface area (Å²) in [6.45, 7) is 4.66. The number of carboxylic acid groups (broad SMARTS) is 1. The van der Waals surface area contributed by atoms with Crippen LogP contribution >= 0.6 is 0 Å². The standard InChI is InChI=1S/C22H18F3N5O4/c1-21(2,3)17(31)19(32)30-9-12(20(33)34)16-18(30)26-8-13(27-16)15-11-6-5-10(22(23,24)25)7-14(11)29(4)28-15/h5-9H,1-4H3,(H,33,34). The number of alkyl halides is 3. The van der Waals surface area contributed by atoms with Crippen LogP contribution < -0.4 is 0 Å². The van der Waals surface area contributed by atoms with Gasteiger partial charge in [0.25, 0.3) is 5.91 Å². The first-order valence-electron chi connectivity index (χ1n) is 9.95. The Hall–Kier alpha value is -4.09. The first kappa shape index (κ1) is 23.1. The van der Waals surface area contributed by atoms with E-state index in [-0.39, 0.29) is 33.6 Å². The third-order valence-electron chi connectivity index (χ3n) is 5.24. The topological polar surface area (TPSA) is 120 Å². The van der Waals surface area contributed by atoms with E-state index in [0.29, 0.717) is 5.39 Å². The van der Waals surface area contributed by atoms with Crippen LogP contribution in [-0.4, -0.2) is 47.1 Å². The minimum absolute atomic E-state index is 0.0905. The molecule has 0 aliphatic carbocycles. The van der Waals surface area contributed by atoms with E-state index in [1.807, 2.05) is 0 Å². The number of benzene rings is 1. The summed E-state index contributed by atoms with van der Waals surface area (Å²) in [6, 6.07) is 3.12. The highest BCUT2D eigenvalue weighted by Gasteiger charge is 2.33. The SMILES string of the molecule is Cn1nc(-c2cnc3c(n2)c(C(=O)O)cn3C(=O)C(=O)C(C)(C)C)c2ccc(C(F)(F)F)cc21. The maximum absolute atomic E-state index is 13.1. The van der Waals surface area contributed by atoms with Crippen LogP contribution in [0.1, 0.15) is 41.5 Å². The van der Waals surface area contributed by atoms with Crippen molar-refractivity contribution in [2.45, 2.75) is 26.9 Å². The molecule has 3 heterocycles. The minimum atomic E-state index is -4.53. The van der Waals surface area contributed by atoms with E-state index in [0.717, 1.165) is 22.9 Å². The van der Waals surface area contributed by atoms with E-state index in [4.69, 9.17) is 0 Å². The molecule has 9 nitrogen and oxygen atoms in total. The Morgan fingerprint density at radius 3 is 2.35 bits per heavy atom. The number of aryl methyl sites for hydroxylation is 1. The first-order valence-corrected chi connectivity index (χ1v) is 9.95. The van der Waals surface area contributed by atoms with Crippen LogP contribution in [0.4, 0.5) is 13.2 Å². The van der Waals surface area contributed by atoms with Crippen LogP contribution in [0.15, 0.2) is 30.6 Å². The summed E-state index contributed by atoms with van der Waals surface area (Å²) in [5.74, 6) is -3.11. The fraction of sp³-hybridized carbons (Fsp3) is 0.273. The van der Waals surface area contributed by atoms with Gasteiger partial charge in [-0.1, -0.05) is 20.8 Å². The Kier molecular flexibility index (Phi) is 5.07. The number of Topliss-reactive ketones (excluding diaryl/α,β-unsaturated/α-hetero) is 1. The van der Waals surface area contributed by atoms with Gasteiger partial charge in [0.05, 0.1) is 17.3 Å². The number of carbonyl (C=O) groups excluding carboxylic acids is 2. The molecule has 0 aliphatic heterocycles. The monoisotopic (exact) mass is 473 g/mol. The summed E-state index contributed by atoms with van der Waals surface area (Å²) in [6.07, 6.45) is -2.33. The molecular weight excluding hydrogens is 455 g/mol. The van der Waals surface area contributed by atoms with Crippen molar-refractivity contribution in [1.82, 2.24) is 24.3 Å². The molecule has 1 aromatic carbocycles. The Morgan fingerprint density at radius 2 is 1.76 bits per heavy atom. The largest absolute Gasteiger partial charge is 0.478 e. The van der Waals surface area contributed by atoms with Gasteiger partial charge in [-0.25, -0.2) is 14.8 Å². The normalized spacial score (nSPS) is 12.4. The van der Waals surface area contributed by atoms with Crippen molar-refractivity contribution in [3.63, 3.8) is 0 Å². The van der Waals surface area contributed by atoms with E-state index < -0.39 is 34.8 Å². The number of rotatable bonds is 3. The number of halogens is 3. The second kappa shape index (κ2) is 7.47. The van der Waals surface area contributed by atoms with Crippen LogP contribution in [0.5, 0.6) is 0 Å². The summed E-state index contributed by atoms with van der Waals surface area (Å²) >= 11 is 0. The van der Waals surface area contributed by atoms with Crippen molar-refractivity contribution in [2.24, 2.45) is 12.5 Å². The maximum Gasteiger partial charge on any atom is 0.416 e. The van der Waals surface area contributed by atoms with Gasteiger partial charge in [-0.2, -0.15) is 18.3 Å². The lowest BCUT2D eigenvalue weighted by molar-refractivity contribution is -0.137. The Morgan fingerprint density at radius 1 is 1.09 bits per heavy atom. The molecule has 176 valence electrons. The van der Waals surface area contributed by atoms with Gasteiger partial charge in [0.15, 0.2) is 5.65 Å². The third kappa shape index (κ3) is 3.70. The van der Waals surface area contributed by atoms with E-state index >= 15 is 0 Å². The second-order valence-corrected chi connectivity index (χ2v) is 8.73. The molecule has 34 heavy (non-hydrogen) atoms. The van der Waals surface area contributed by atoms with Gasteiger partial charge in [-0.15, -0.1) is 0 Å². The smallest absolute Gasteiger partial charge is 0.416 e. The Balaban J connectivity index is 1.90. The zero-order chi connectivity index (χ0) is 25.2. The lowest BCUT2D eigenvalue weighted by atomic mass is 9.90. The van der Waals surface area contributed by atoms with E-state index in [1.54, 1.807) is 20.8 Å². The summed E-state index contributed by atoms with van der Waals surface area (Å²) < 4.78 is 41.4. The van der Waals surface area contributed by atoms with Crippen molar-refractivity contribution >= 4 is 39.7 Å². The van der Waals surface area contributed by atoms with Gasteiger partial charge in [0, 0.05) is 24.0 Å². The lowest BCUT2D eigenvalue weighted by Gasteiger charge is -2.15. The van der Waals surface area contributed by atoms with Crippen molar-refractivity contribution in [1.29, 1.82) is 0 Å². The predicted octanol–water partition coefficient (Wildman–Crippen LogP) is 3.96. The predicted molar refractivity (Wildman–Crippen MR) is 114 cm³/mol. The van der Waals surface area contributed by atoms with Crippen LogP contribution in [0.25, 0.3) is 33.5 Å². The van der Waals surface area contributed by atoms with Crippen LogP contribution in [0, 0.1) is 5.41 Å². The number of hydrogen-bond acceptors (Lipinski definition) is 6. The third-order valence-corrected chi connectivity index (χ3v) is 5.24. The molecule has 0 saturated heterocycles. The van der Waals surface area contributed by atoms with Crippen LogP contribution in [0.3, 0.4) is 0 Å². The number of hydrogen-bond donors (Lipinski definition) is 1. The molecule has 0 atom stereocenters. The molecule has 0 unspecified atom stereocenters. The van der Waals surface area contributed by atoms with Crippen LogP contribution in [0.2, 0.25) is 0 Å². The fourth-order valence-corrected chi connectivity index (χ4v) is 3.47.